The van der Waals surface area contributed by atoms with Gasteiger partial charge in [-0.1, -0.05) is 38.1 Å². The first-order valence-electron chi connectivity index (χ1n) is 8.75. The van der Waals surface area contributed by atoms with Gasteiger partial charge in [-0.05, 0) is 47.4 Å². The summed E-state index contributed by atoms with van der Waals surface area (Å²) in [5.41, 5.74) is 2.58. The SMILES string of the molecule is CC(C)(C)c1ccc(C(=O)Nc2ccsc2-c2nc(C3CC3)no2)cc1. The first-order chi connectivity index (χ1) is 12.4. The molecule has 1 fully saturated rings. The van der Waals surface area contributed by atoms with Crippen molar-refractivity contribution in [1.29, 1.82) is 0 Å². The maximum atomic E-state index is 12.6. The van der Waals surface area contributed by atoms with E-state index in [0.717, 1.165) is 23.5 Å². The lowest BCUT2D eigenvalue weighted by atomic mass is 9.87. The molecule has 0 unspecified atom stereocenters. The second-order valence-corrected chi connectivity index (χ2v) is 8.59. The molecule has 0 atom stereocenters. The van der Waals surface area contributed by atoms with E-state index < -0.39 is 0 Å². The summed E-state index contributed by atoms with van der Waals surface area (Å²) in [5, 5.41) is 8.93. The zero-order chi connectivity index (χ0) is 18.3. The maximum Gasteiger partial charge on any atom is 0.270 e. The van der Waals surface area contributed by atoms with Crippen molar-refractivity contribution in [2.24, 2.45) is 0 Å². The van der Waals surface area contributed by atoms with E-state index in [4.69, 9.17) is 4.52 Å². The summed E-state index contributed by atoms with van der Waals surface area (Å²) in [6, 6.07) is 9.59. The molecule has 134 valence electrons. The molecule has 2 heterocycles. The van der Waals surface area contributed by atoms with Crippen molar-refractivity contribution in [2.75, 3.05) is 5.32 Å². The van der Waals surface area contributed by atoms with E-state index in [0.29, 0.717) is 23.1 Å². The third-order valence-electron chi connectivity index (χ3n) is 4.51. The average Bonchev–Trinajstić information content (AvgIpc) is 3.16. The van der Waals surface area contributed by atoms with Crippen molar-refractivity contribution in [3.05, 3.63) is 52.7 Å². The average molecular weight is 367 g/mol. The van der Waals surface area contributed by atoms with Gasteiger partial charge < -0.3 is 9.84 Å². The second kappa shape index (κ2) is 6.36. The topological polar surface area (TPSA) is 68.0 Å². The third-order valence-corrected chi connectivity index (χ3v) is 5.41. The number of amides is 1. The lowest BCUT2D eigenvalue weighted by Gasteiger charge is -2.19. The maximum absolute atomic E-state index is 12.6. The Morgan fingerprint density at radius 3 is 2.58 bits per heavy atom. The van der Waals surface area contributed by atoms with Gasteiger partial charge in [0.15, 0.2) is 5.82 Å². The van der Waals surface area contributed by atoms with Crippen molar-refractivity contribution in [3.63, 3.8) is 0 Å². The Hall–Kier alpha value is -2.47. The summed E-state index contributed by atoms with van der Waals surface area (Å²) in [7, 11) is 0. The van der Waals surface area contributed by atoms with Crippen LogP contribution in [0.2, 0.25) is 0 Å². The summed E-state index contributed by atoms with van der Waals surface area (Å²) >= 11 is 1.48. The first kappa shape index (κ1) is 17.0. The monoisotopic (exact) mass is 367 g/mol. The zero-order valence-electron chi connectivity index (χ0n) is 15.1. The summed E-state index contributed by atoms with van der Waals surface area (Å²) in [6.07, 6.45) is 2.25. The van der Waals surface area contributed by atoms with E-state index in [1.54, 1.807) is 0 Å². The Kier molecular flexibility index (Phi) is 4.15. The molecule has 26 heavy (non-hydrogen) atoms. The number of nitrogens with one attached hydrogen (secondary N) is 1. The molecule has 4 rings (SSSR count). The van der Waals surface area contributed by atoms with Gasteiger partial charge in [0, 0.05) is 11.5 Å². The summed E-state index contributed by atoms with van der Waals surface area (Å²) in [4.78, 5) is 17.9. The van der Waals surface area contributed by atoms with E-state index in [1.165, 1.54) is 16.9 Å². The molecule has 1 aliphatic carbocycles. The fraction of sp³-hybridized carbons (Fsp3) is 0.350. The number of carbonyl (C=O) groups is 1. The molecule has 0 aliphatic heterocycles. The standard InChI is InChI=1S/C20H21N3O2S/c1-20(2,3)14-8-6-13(7-9-14)18(24)21-15-10-11-26-16(15)19-22-17(23-25-19)12-4-5-12/h6-12H,4-5H2,1-3H3,(H,21,24). The highest BCUT2D eigenvalue weighted by Gasteiger charge is 2.29. The van der Waals surface area contributed by atoms with Crippen LogP contribution < -0.4 is 5.32 Å². The van der Waals surface area contributed by atoms with Crippen LogP contribution >= 0.6 is 11.3 Å². The Morgan fingerprint density at radius 1 is 1.19 bits per heavy atom. The summed E-state index contributed by atoms with van der Waals surface area (Å²) in [6.45, 7) is 6.46. The van der Waals surface area contributed by atoms with Gasteiger partial charge in [0.1, 0.15) is 4.88 Å². The van der Waals surface area contributed by atoms with Crippen molar-refractivity contribution < 1.29 is 9.32 Å². The highest BCUT2D eigenvalue weighted by molar-refractivity contribution is 7.14. The van der Waals surface area contributed by atoms with Crippen LogP contribution in [0.4, 0.5) is 5.69 Å². The fourth-order valence-corrected chi connectivity index (χ4v) is 3.49. The molecule has 1 saturated carbocycles. The van der Waals surface area contributed by atoms with Gasteiger partial charge in [-0.2, -0.15) is 4.98 Å². The number of thiophene rings is 1. The number of carbonyl (C=O) groups excluding carboxylic acids is 1. The van der Waals surface area contributed by atoms with Gasteiger partial charge in [0.2, 0.25) is 0 Å². The molecular formula is C20H21N3O2S. The quantitative estimate of drug-likeness (QED) is 0.686. The van der Waals surface area contributed by atoms with Gasteiger partial charge in [-0.25, -0.2) is 0 Å². The van der Waals surface area contributed by atoms with Crippen molar-refractivity contribution in [3.8, 4) is 10.8 Å². The molecule has 3 aromatic rings. The Labute approximate surface area is 156 Å². The Morgan fingerprint density at radius 2 is 1.92 bits per heavy atom. The van der Waals surface area contributed by atoms with Gasteiger partial charge in [0.25, 0.3) is 11.8 Å². The number of benzene rings is 1. The van der Waals surface area contributed by atoms with E-state index in [2.05, 4.69) is 36.2 Å². The van der Waals surface area contributed by atoms with Crippen LogP contribution in [0.1, 0.15) is 61.3 Å². The molecule has 0 saturated heterocycles. The molecule has 1 aliphatic rings. The highest BCUT2D eigenvalue weighted by atomic mass is 32.1. The lowest BCUT2D eigenvalue weighted by Crippen LogP contribution is -2.14. The minimum atomic E-state index is -0.146. The van der Waals surface area contributed by atoms with Crippen molar-refractivity contribution in [1.82, 2.24) is 10.1 Å². The predicted octanol–water partition coefficient (Wildman–Crippen LogP) is 5.23. The molecule has 6 heteroatoms. The number of aromatic nitrogens is 2. The zero-order valence-corrected chi connectivity index (χ0v) is 15.9. The van der Waals surface area contributed by atoms with Gasteiger partial charge in [0.05, 0.1) is 5.69 Å². The van der Waals surface area contributed by atoms with Crippen LogP contribution in [0.3, 0.4) is 0 Å². The van der Waals surface area contributed by atoms with Crippen LogP contribution in [0, 0.1) is 0 Å². The smallest absolute Gasteiger partial charge is 0.270 e. The molecule has 0 bridgehead atoms. The van der Waals surface area contributed by atoms with Gasteiger partial charge in [-0.15, -0.1) is 11.3 Å². The second-order valence-electron chi connectivity index (χ2n) is 7.68. The largest absolute Gasteiger partial charge is 0.333 e. The minimum absolute atomic E-state index is 0.0623. The molecular weight excluding hydrogens is 346 g/mol. The van der Waals surface area contributed by atoms with E-state index >= 15 is 0 Å². The lowest BCUT2D eigenvalue weighted by molar-refractivity contribution is 0.102. The highest BCUT2D eigenvalue weighted by Crippen LogP contribution is 2.40. The molecule has 1 aromatic carbocycles. The molecule has 0 radical (unpaired) electrons. The van der Waals surface area contributed by atoms with E-state index in [-0.39, 0.29) is 11.3 Å². The van der Waals surface area contributed by atoms with Crippen LogP contribution in [0.15, 0.2) is 40.2 Å². The number of nitrogens with zero attached hydrogens (tertiary/aromatic N) is 2. The molecule has 1 amide bonds. The Bertz CT molecular complexity index is 931. The fourth-order valence-electron chi connectivity index (χ4n) is 2.72. The van der Waals surface area contributed by atoms with Gasteiger partial charge >= 0.3 is 0 Å². The summed E-state index contributed by atoms with van der Waals surface area (Å²) in [5.74, 6) is 1.53. The number of hydrogen-bond donors (Lipinski definition) is 1. The van der Waals surface area contributed by atoms with Crippen LogP contribution in [-0.4, -0.2) is 16.0 Å². The van der Waals surface area contributed by atoms with Crippen LogP contribution in [0.5, 0.6) is 0 Å². The number of hydrogen-bond acceptors (Lipinski definition) is 5. The van der Waals surface area contributed by atoms with Gasteiger partial charge in [-0.3, -0.25) is 4.79 Å². The molecule has 1 N–H and O–H groups in total. The number of anilines is 1. The predicted molar refractivity (Wildman–Crippen MR) is 103 cm³/mol. The third kappa shape index (κ3) is 3.42. The normalized spacial score (nSPS) is 14.4. The molecule has 0 spiro atoms. The Balaban J connectivity index is 1.52. The first-order valence-corrected chi connectivity index (χ1v) is 9.63. The van der Waals surface area contributed by atoms with E-state index in [1.807, 2.05) is 35.7 Å². The molecule has 5 nitrogen and oxygen atoms in total. The summed E-state index contributed by atoms with van der Waals surface area (Å²) < 4.78 is 5.39. The van der Waals surface area contributed by atoms with Crippen LogP contribution in [-0.2, 0) is 5.41 Å². The minimum Gasteiger partial charge on any atom is -0.333 e. The molecule has 2 aromatic heterocycles. The van der Waals surface area contributed by atoms with Crippen molar-refractivity contribution >= 4 is 22.9 Å². The van der Waals surface area contributed by atoms with Crippen molar-refractivity contribution in [2.45, 2.75) is 44.9 Å². The number of rotatable bonds is 4. The van der Waals surface area contributed by atoms with Crippen LogP contribution in [0.25, 0.3) is 10.8 Å². The van der Waals surface area contributed by atoms with E-state index in [9.17, 15) is 4.79 Å².